The topological polar surface area (TPSA) is 73.0 Å². The number of benzene rings is 2. The van der Waals surface area contributed by atoms with Gasteiger partial charge in [0.1, 0.15) is 0 Å². The third-order valence-electron chi connectivity index (χ3n) is 6.63. The maximum atomic E-state index is 12.5. The fourth-order valence-corrected chi connectivity index (χ4v) is 4.61. The highest BCUT2D eigenvalue weighted by molar-refractivity contribution is 6.21. The molecule has 1 fully saturated rings. The largest absolute Gasteiger partial charge is 0.356 e. The second-order valence-electron chi connectivity index (χ2n) is 9.22. The van der Waals surface area contributed by atoms with Crippen molar-refractivity contribution in [3.05, 3.63) is 70.8 Å². The predicted octanol–water partition coefficient (Wildman–Crippen LogP) is 2.70. The van der Waals surface area contributed by atoms with Crippen molar-refractivity contribution in [3.8, 4) is 0 Å². The number of nitrogens with one attached hydrogen (secondary N) is 1. The van der Waals surface area contributed by atoms with Crippen LogP contribution in [0.2, 0.25) is 0 Å². The summed E-state index contributed by atoms with van der Waals surface area (Å²) in [4.78, 5) is 43.3. The number of hydrogen-bond donors (Lipinski definition) is 1. The number of imide groups is 1. The van der Waals surface area contributed by atoms with E-state index in [9.17, 15) is 14.4 Å². The van der Waals surface area contributed by atoms with Gasteiger partial charge in [-0.05, 0) is 44.0 Å². The number of rotatable bonds is 10. The lowest BCUT2D eigenvalue weighted by Gasteiger charge is -2.34. The molecule has 7 heteroatoms. The molecule has 2 aromatic carbocycles. The lowest BCUT2D eigenvalue weighted by atomic mass is 10.1. The highest BCUT2D eigenvalue weighted by Crippen LogP contribution is 2.23. The van der Waals surface area contributed by atoms with E-state index in [1.54, 1.807) is 12.1 Å². The average Bonchev–Trinajstić information content (AvgIpc) is 3.08. The third-order valence-corrected chi connectivity index (χ3v) is 6.63. The molecule has 0 unspecified atom stereocenters. The predicted molar refractivity (Wildman–Crippen MR) is 132 cm³/mol. The van der Waals surface area contributed by atoms with Crippen LogP contribution < -0.4 is 5.32 Å². The summed E-state index contributed by atoms with van der Waals surface area (Å²) in [6, 6.07) is 15.9. The zero-order valence-corrected chi connectivity index (χ0v) is 20.0. The van der Waals surface area contributed by atoms with E-state index >= 15 is 0 Å². The number of carbonyl (C=O) groups excluding carboxylic acids is 3. The van der Waals surface area contributed by atoms with Crippen molar-refractivity contribution >= 4 is 17.7 Å². The number of nitrogens with zero attached hydrogens (tertiary/aromatic N) is 3. The minimum Gasteiger partial charge on any atom is -0.356 e. The standard InChI is InChI=1S/C27H34N4O3/c1-21-9-10-23-24(19-21)27(34)31(26(23)33)14-11-25(32)28-12-5-6-13-29-15-17-30(18-16-29)20-22-7-3-2-4-8-22/h2-4,7-10,19H,5-6,11-18,20H2,1H3,(H,28,32). The van der Waals surface area contributed by atoms with Gasteiger partial charge in [0.05, 0.1) is 11.1 Å². The van der Waals surface area contributed by atoms with E-state index in [1.165, 1.54) is 10.5 Å². The zero-order valence-electron chi connectivity index (χ0n) is 20.0. The molecule has 4 rings (SSSR count). The van der Waals surface area contributed by atoms with Crippen molar-refractivity contribution in [1.82, 2.24) is 20.0 Å². The number of hydrogen-bond acceptors (Lipinski definition) is 5. The summed E-state index contributed by atoms with van der Waals surface area (Å²) in [5.41, 5.74) is 3.17. The van der Waals surface area contributed by atoms with Crippen LogP contribution in [0.5, 0.6) is 0 Å². The van der Waals surface area contributed by atoms with Crippen LogP contribution in [0, 0.1) is 6.92 Å². The summed E-state index contributed by atoms with van der Waals surface area (Å²) in [7, 11) is 0. The Hall–Kier alpha value is -3.03. The average molecular weight is 463 g/mol. The van der Waals surface area contributed by atoms with Crippen molar-refractivity contribution in [3.63, 3.8) is 0 Å². The first-order valence-electron chi connectivity index (χ1n) is 12.2. The summed E-state index contributed by atoms with van der Waals surface area (Å²) in [6.07, 6.45) is 2.09. The molecule has 7 nitrogen and oxygen atoms in total. The van der Waals surface area contributed by atoms with E-state index in [2.05, 4.69) is 45.4 Å². The van der Waals surface area contributed by atoms with Gasteiger partial charge in [0.2, 0.25) is 5.91 Å². The Morgan fingerprint density at radius 2 is 1.56 bits per heavy atom. The maximum Gasteiger partial charge on any atom is 0.261 e. The van der Waals surface area contributed by atoms with Crippen molar-refractivity contribution in [2.24, 2.45) is 0 Å². The molecule has 0 aliphatic carbocycles. The highest BCUT2D eigenvalue weighted by Gasteiger charge is 2.35. The smallest absolute Gasteiger partial charge is 0.261 e. The molecule has 1 N–H and O–H groups in total. The Balaban J connectivity index is 1.07. The van der Waals surface area contributed by atoms with Gasteiger partial charge in [-0.25, -0.2) is 0 Å². The summed E-state index contributed by atoms with van der Waals surface area (Å²) >= 11 is 0. The Morgan fingerprint density at radius 1 is 0.853 bits per heavy atom. The van der Waals surface area contributed by atoms with Crippen molar-refractivity contribution in [2.45, 2.75) is 32.7 Å². The normalized spacial score (nSPS) is 16.7. The lowest BCUT2D eigenvalue weighted by Crippen LogP contribution is -2.46. The van der Waals surface area contributed by atoms with E-state index in [0.29, 0.717) is 17.7 Å². The highest BCUT2D eigenvalue weighted by atomic mass is 16.2. The summed E-state index contributed by atoms with van der Waals surface area (Å²) in [5.74, 6) is -0.737. The minimum atomic E-state index is -0.309. The molecule has 2 aliphatic heterocycles. The van der Waals surface area contributed by atoms with Gasteiger partial charge in [-0.2, -0.15) is 0 Å². The van der Waals surface area contributed by atoms with Crippen LogP contribution in [0.1, 0.15) is 51.1 Å². The number of fused-ring (bicyclic) bond motifs is 1. The minimum absolute atomic E-state index is 0.116. The van der Waals surface area contributed by atoms with Gasteiger partial charge in [0.25, 0.3) is 11.8 Å². The maximum absolute atomic E-state index is 12.5. The molecule has 0 radical (unpaired) electrons. The molecule has 34 heavy (non-hydrogen) atoms. The number of amides is 3. The molecule has 0 saturated carbocycles. The third kappa shape index (κ3) is 6.10. The van der Waals surface area contributed by atoms with Gasteiger partial charge in [-0.1, -0.05) is 42.0 Å². The van der Waals surface area contributed by atoms with Crippen LogP contribution in [0.4, 0.5) is 0 Å². The van der Waals surface area contributed by atoms with E-state index in [0.717, 1.165) is 57.7 Å². The van der Waals surface area contributed by atoms with E-state index in [4.69, 9.17) is 0 Å². The second kappa shape index (κ2) is 11.4. The molecule has 3 amide bonds. The Labute approximate surface area is 201 Å². The number of aryl methyl sites for hydroxylation is 1. The van der Waals surface area contributed by atoms with Gasteiger partial charge < -0.3 is 10.2 Å². The fourth-order valence-electron chi connectivity index (χ4n) is 4.61. The molecular formula is C27H34N4O3. The number of unbranched alkanes of at least 4 members (excludes halogenated alkanes) is 1. The first-order chi connectivity index (χ1) is 16.5. The molecule has 0 atom stereocenters. The molecule has 1 saturated heterocycles. The molecule has 180 valence electrons. The van der Waals surface area contributed by atoms with Gasteiger partial charge in [0, 0.05) is 52.2 Å². The zero-order chi connectivity index (χ0) is 23.9. The van der Waals surface area contributed by atoms with Crippen LogP contribution in [-0.4, -0.2) is 78.2 Å². The molecular weight excluding hydrogens is 428 g/mol. The van der Waals surface area contributed by atoms with Crippen LogP contribution in [-0.2, 0) is 11.3 Å². The Kier molecular flexibility index (Phi) is 8.08. The Morgan fingerprint density at radius 3 is 2.32 bits per heavy atom. The molecule has 0 bridgehead atoms. The van der Waals surface area contributed by atoms with E-state index in [1.807, 2.05) is 13.0 Å². The van der Waals surface area contributed by atoms with E-state index in [-0.39, 0.29) is 30.7 Å². The first kappa shape index (κ1) is 24.1. The van der Waals surface area contributed by atoms with Crippen LogP contribution in [0.3, 0.4) is 0 Å². The van der Waals surface area contributed by atoms with Crippen molar-refractivity contribution in [2.75, 3.05) is 45.8 Å². The number of carbonyl (C=O) groups is 3. The van der Waals surface area contributed by atoms with Crippen molar-refractivity contribution < 1.29 is 14.4 Å². The summed E-state index contributed by atoms with van der Waals surface area (Å²) in [6.45, 7) is 9.02. The first-order valence-corrected chi connectivity index (χ1v) is 12.2. The van der Waals surface area contributed by atoms with Gasteiger partial charge in [-0.15, -0.1) is 0 Å². The molecule has 0 spiro atoms. The fraction of sp³-hybridized carbons (Fsp3) is 0.444. The van der Waals surface area contributed by atoms with Gasteiger partial charge in [0.15, 0.2) is 0 Å². The van der Waals surface area contributed by atoms with E-state index < -0.39 is 0 Å². The molecule has 2 heterocycles. The van der Waals surface area contributed by atoms with Crippen molar-refractivity contribution in [1.29, 1.82) is 0 Å². The second-order valence-corrected chi connectivity index (χ2v) is 9.22. The Bertz CT molecular complexity index is 1020. The van der Waals surface area contributed by atoms with Crippen LogP contribution in [0.15, 0.2) is 48.5 Å². The monoisotopic (exact) mass is 462 g/mol. The van der Waals surface area contributed by atoms with Crippen LogP contribution >= 0.6 is 0 Å². The van der Waals surface area contributed by atoms with Gasteiger partial charge in [-0.3, -0.25) is 24.2 Å². The van der Waals surface area contributed by atoms with Gasteiger partial charge >= 0.3 is 0 Å². The summed E-state index contributed by atoms with van der Waals surface area (Å²) < 4.78 is 0. The van der Waals surface area contributed by atoms with Crippen LogP contribution in [0.25, 0.3) is 0 Å². The molecule has 2 aromatic rings. The number of piperazine rings is 1. The molecule has 2 aliphatic rings. The SMILES string of the molecule is Cc1ccc2c(c1)C(=O)N(CCC(=O)NCCCCN1CCN(Cc3ccccc3)CC1)C2=O. The molecule has 0 aromatic heterocycles. The lowest BCUT2D eigenvalue weighted by molar-refractivity contribution is -0.121. The quantitative estimate of drug-likeness (QED) is 0.434. The summed E-state index contributed by atoms with van der Waals surface area (Å²) in [5, 5.41) is 2.92.